The van der Waals surface area contributed by atoms with E-state index in [1.54, 1.807) is 0 Å². The van der Waals surface area contributed by atoms with Crippen molar-refractivity contribution in [1.82, 2.24) is 0 Å². The van der Waals surface area contributed by atoms with E-state index in [0.717, 1.165) is 18.6 Å². The highest BCUT2D eigenvalue weighted by molar-refractivity contribution is 5.91. The maximum Gasteiger partial charge on any atom is 0.0632 e. The molecule has 0 unspecified atom stereocenters. The van der Waals surface area contributed by atoms with Gasteiger partial charge >= 0.3 is 0 Å². The lowest BCUT2D eigenvalue weighted by molar-refractivity contribution is 0.305. The summed E-state index contributed by atoms with van der Waals surface area (Å²) in [6.45, 7) is 8.70. The van der Waals surface area contributed by atoms with E-state index in [4.69, 9.17) is 5.21 Å². The van der Waals surface area contributed by atoms with Gasteiger partial charge in [-0.05, 0) is 18.3 Å². The molecule has 64 valence electrons. The fourth-order valence-electron chi connectivity index (χ4n) is 2.22. The molecule has 0 aromatic heterocycles. The minimum Gasteiger partial charge on any atom is -0.411 e. The Balaban J connectivity index is 2.89. The first-order valence-electron chi connectivity index (χ1n) is 4.09. The van der Waals surface area contributed by atoms with Crippen LogP contribution in [0.15, 0.2) is 5.16 Å². The molecule has 1 aliphatic rings. The van der Waals surface area contributed by atoms with Crippen LogP contribution in [0.4, 0.5) is 0 Å². The Kier molecular flexibility index (Phi) is 1.73. The Labute approximate surface area is 68.3 Å². The number of hydrogen-bond donors (Lipinski definition) is 1. The van der Waals surface area contributed by atoms with E-state index >= 15 is 0 Å². The third-order valence-corrected chi connectivity index (χ3v) is 2.47. The summed E-state index contributed by atoms with van der Waals surface area (Å²) in [6, 6.07) is 0. The lowest BCUT2D eigenvalue weighted by Gasteiger charge is -2.20. The summed E-state index contributed by atoms with van der Waals surface area (Å²) in [5.41, 5.74) is 1.35. The number of nitrogens with zero attached hydrogens (tertiary/aromatic N) is 1. The molecule has 1 saturated carbocycles. The molecule has 11 heavy (non-hydrogen) atoms. The summed E-state index contributed by atoms with van der Waals surface area (Å²) < 4.78 is 0. The summed E-state index contributed by atoms with van der Waals surface area (Å²) >= 11 is 0. The topological polar surface area (TPSA) is 32.6 Å². The van der Waals surface area contributed by atoms with Gasteiger partial charge in [-0.15, -0.1) is 0 Å². The highest BCUT2D eigenvalue weighted by Crippen LogP contribution is 2.46. The van der Waals surface area contributed by atoms with Crippen LogP contribution in [0.3, 0.4) is 0 Å². The third kappa shape index (κ3) is 1.55. The van der Waals surface area contributed by atoms with Crippen LogP contribution in [0, 0.1) is 10.8 Å². The van der Waals surface area contributed by atoms with Crippen molar-refractivity contribution in [3.63, 3.8) is 0 Å². The van der Waals surface area contributed by atoms with Crippen LogP contribution in [-0.2, 0) is 0 Å². The quantitative estimate of drug-likeness (QED) is 0.423. The molecule has 1 rings (SSSR count). The highest BCUT2D eigenvalue weighted by Gasteiger charge is 2.42. The van der Waals surface area contributed by atoms with Gasteiger partial charge in [-0.2, -0.15) is 0 Å². The molecular formula is C9H17NO. The van der Waals surface area contributed by atoms with E-state index in [1.165, 1.54) is 0 Å². The molecule has 0 amide bonds. The SMILES string of the molecule is CC1(C)C/C(=N/O)C(C)(C)C1. The Morgan fingerprint density at radius 1 is 1.27 bits per heavy atom. The molecule has 0 radical (unpaired) electrons. The minimum atomic E-state index is 0.0955. The molecule has 0 saturated heterocycles. The molecule has 0 bridgehead atoms. The largest absolute Gasteiger partial charge is 0.411 e. The van der Waals surface area contributed by atoms with E-state index < -0.39 is 0 Å². The summed E-state index contributed by atoms with van der Waals surface area (Å²) in [5.74, 6) is 0. The average molecular weight is 155 g/mol. The van der Waals surface area contributed by atoms with Gasteiger partial charge in [0.25, 0.3) is 0 Å². The molecule has 2 heteroatoms. The van der Waals surface area contributed by atoms with Crippen LogP contribution >= 0.6 is 0 Å². The van der Waals surface area contributed by atoms with E-state index in [0.29, 0.717) is 5.41 Å². The molecule has 0 aromatic carbocycles. The molecule has 0 aromatic rings. The average Bonchev–Trinajstić information content (AvgIpc) is 1.99. The second kappa shape index (κ2) is 2.23. The van der Waals surface area contributed by atoms with Gasteiger partial charge in [0.2, 0.25) is 0 Å². The second-order valence-corrected chi connectivity index (χ2v) is 4.95. The molecule has 1 aliphatic carbocycles. The van der Waals surface area contributed by atoms with Crippen LogP contribution in [-0.4, -0.2) is 10.9 Å². The van der Waals surface area contributed by atoms with E-state index in [-0.39, 0.29) is 5.41 Å². The fraction of sp³-hybridized carbons (Fsp3) is 0.889. The van der Waals surface area contributed by atoms with Gasteiger partial charge in [0.15, 0.2) is 0 Å². The van der Waals surface area contributed by atoms with Gasteiger partial charge in [0.1, 0.15) is 0 Å². The van der Waals surface area contributed by atoms with Crippen LogP contribution in [0.1, 0.15) is 40.5 Å². The predicted octanol–water partition coefficient (Wildman–Crippen LogP) is 2.66. The van der Waals surface area contributed by atoms with Crippen molar-refractivity contribution in [2.24, 2.45) is 16.0 Å². The van der Waals surface area contributed by atoms with Crippen molar-refractivity contribution in [1.29, 1.82) is 0 Å². The molecule has 0 aliphatic heterocycles. The summed E-state index contributed by atoms with van der Waals surface area (Å²) in [6.07, 6.45) is 2.04. The number of oxime groups is 1. The lowest BCUT2D eigenvalue weighted by atomic mass is 9.84. The van der Waals surface area contributed by atoms with E-state index in [2.05, 4.69) is 32.9 Å². The monoisotopic (exact) mass is 155 g/mol. The summed E-state index contributed by atoms with van der Waals surface area (Å²) in [5, 5.41) is 12.1. The Morgan fingerprint density at radius 3 is 2.00 bits per heavy atom. The summed E-state index contributed by atoms with van der Waals surface area (Å²) in [4.78, 5) is 0. The molecular weight excluding hydrogens is 138 g/mol. The number of hydrogen-bond acceptors (Lipinski definition) is 2. The molecule has 2 nitrogen and oxygen atoms in total. The Bertz CT molecular complexity index is 192. The van der Waals surface area contributed by atoms with Crippen molar-refractivity contribution < 1.29 is 5.21 Å². The molecule has 1 N–H and O–H groups in total. The Morgan fingerprint density at radius 2 is 1.82 bits per heavy atom. The molecule has 0 spiro atoms. The van der Waals surface area contributed by atoms with Crippen LogP contribution < -0.4 is 0 Å². The van der Waals surface area contributed by atoms with Gasteiger partial charge in [0, 0.05) is 5.41 Å². The molecule has 0 heterocycles. The normalized spacial score (nSPS) is 31.1. The zero-order chi connectivity index (χ0) is 8.70. The first-order chi connectivity index (χ1) is 4.87. The van der Waals surface area contributed by atoms with Crippen molar-refractivity contribution >= 4 is 5.71 Å². The van der Waals surface area contributed by atoms with Gasteiger partial charge < -0.3 is 5.21 Å². The van der Waals surface area contributed by atoms with Gasteiger partial charge in [-0.25, -0.2) is 0 Å². The fourth-order valence-corrected chi connectivity index (χ4v) is 2.22. The van der Waals surface area contributed by atoms with Gasteiger partial charge in [-0.3, -0.25) is 0 Å². The standard InChI is InChI=1S/C9H17NO/c1-8(2)5-7(10-11)9(3,4)6-8/h11H,5-6H2,1-4H3/b10-7-. The zero-order valence-electron chi connectivity index (χ0n) is 7.81. The predicted molar refractivity (Wildman–Crippen MR) is 46.0 cm³/mol. The van der Waals surface area contributed by atoms with Crippen LogP contribution in [0.2, 0.25) is 0 Å². The lowest BCUT2D eigenvalue weighted by Crippen LogP contribution is -2.16. The van der Waals surface area contributed by atoms with Gasteiger partial charge in [-0.1, -0.05) is 32.9 Å². The zero-order valence-corrected chi connectivity index (χ0v) is 7.81. The van der Waals surface area contributed by atoms with Crippen LogP contribution in [0.25, 0.3) is 0 Å². The molecule has 0 atom stereocenters. The van der Waals surface area contributed by atoms with Crippen molar-refractivity contribution in [2.75, 3.05) is 0 Å². The first-order valence-corrected chi connectivity index (χ1v) is 4.09. The highest BCUT2D eigenvalue weighted by atomic mass is 16.4. The first kappa shape index (κ1) is 8.57. The van der Waals surface area contributed by atoms with Crippen molar-refractivity contribution in [2.45, 2.75) is 40.5 Å². The minimum absolute atomic E-state index is 0.0955. The van der Waals surface area contributed by atoms with Crippen LogP contribution in [0.5, 0.6) is 0 Å². The number of rotatable bonds is 0. The van der Waals surface area contributed by atoms with Crippen molar-refractivity contribution in [3.05, 3.63) is 0 Å². The maximum atomic E-state index is 8.72. The van der Waals surface area contributed by atoms with Crippen molar-refractivity contribution in [3.8, 4) is 0 Å². The molecule has 1 fully saturated rings. The van der Waals surface area contributed by atoms with E-state index in [1.807, 2.05) is 0 Å². The summed E-state index contributed by atoms with van der Waals surface area (Å²) in [7, 11) is 0. The smallest absolute Gasteiger partial charge is 0.0632 e. The Hall–Kier alpha value is -0.530. The third-order valence-electron chi connectivity index (χ3n) is 2.47. The maximum absolute atomic E-state index is 8.72. The van der Waals surface area contributed by atoms with E-state index in [9.17, 15) is 0 Å². The second-order valence-electron chi connectivity index (χ2n) is 4.95. The van der Waals surface area contributed by atoms with Gasteiger partial charge in [0.05, 0.1) is 5.71 Å².